The smallest absolute Gasteiger partial charge is 0.308 e. The molecule has 0 bridgehead atoms. The van der Waals surface area contributed by atoms with Crippen molar-refractivity contribution in [3.05, 3.63) is 62.5 Å². The van der Waals surface area contributed by atoms with Gasteiger partial charge in [0.1, 0.15) is 0 Å². The summed E-state index contributed by atoms with van der Waals surface area (Å²) in [5, 5.41) is 0. The Kier molecular flexibility index (Phi) is 6.34. The minimum absolute atomic E-state index is 0.356. The number of ether oxygens (including phenoxy) is 1. The molecule has 0 N–H and O–H groups in total. The van der Waals surface area contributed by atoms with Crippen molar-refractivity contribution < 1.29 is 9.53 Å². The van der Waals surface area contributed by atoms with Gasteiger partial charge in [-0.2, -0.15) is 0 Å². The van der Waals surface area contributed by atoms with Crippen molar-refractivity contribution in [3.63, 3.8) is 0 Å². The van der Waals surface area contributed by atoms with Crippen LogP contribution in [0, 0.1) is 0 Å². The molecule has 0 saturated heterocycles. The summed E-state index contributed by atoms with van der Waals surface area (Å²) in [5.74, 6) is 0.125. The molecule has 0 fully saturated rings. The summed E-state index contributed by atoms with van der Waals surface area (Å²) in [6.07, 6.45) is 2.72. The van der Waals surface area contributed by atoms with E-state index in [1.165, 1.54) is 12.5 Å². The Labute approximate surface area is 146 Å². The fourth-order valence-electron chi connectivity index (χ4n) is 1.90. The summed E-state index contributed by atoms with van der Waals surface area (Å²) in [6, 6.07) is 14.0. The molecule has 0 saturated carbocycles. The molecule has 0 unspecified atom stereocenters. The van der Waals surface area contributed by atoms with Gasteiger partial charge in [-0.25, -0.2) is 0 Å². The quantitative estimate of drug-likeness (QED) is 0.393. The zero-order valence-electron chi connectivity index (χ0n) is 12.1. The minimum atomic E-state index is -0.356. The van der Waals surface area contributed by atoms with Gasteiger partial charge in [0.15, 0.2) is 5.75 Å². The van der Waals surface area contributed by atoms with Crippen molar-refractivity contribution in [3.8, 4) is 5.75 Å². The number of carbonyl (C=O) groups excluding carboxylic acids is 1. The van der Waals surface area contributed by atoms with Gasteiger partial charge in [-0.15, -0.1) is 0 Å². The van der Waals surface area contributed by atoms with Gasteiger partial charge >= 0.3 is 5.97 Å². The molecule has 0 aliphatic rings. The number of halogens is 2. The number of aliphatic imine (C=N–C) groups is 1. The van der Waals surface area contributed by atoms with Crippen LogP contribution < -0.4 is 4.74 Å². The molecule has 5 heteroatoms. The Bertz CT molecular complexity index is 661. The fraction of sp³-hybridized carbons (Fsp3) is 0.176. The van der Waals surface area contributed by atoms with Crippen LogP contribution in [0.2, 0.25) is 0 Å². The van der Waals surface area contributed by atoms with E-state index in [1.807, 2.05) is 36.5 Å². The van der Waals surface area contributed by atoms with Crippen LogP contribution in [-0.2, 0) is 11.2 Å². The second-order valence-electron chi connectivity index (χ2n) is 4.68. The van der Waals surface area contributed by atoms with Gasteiger partial charge < -0.3 is 4.74 Å². The van der Waals surface area contributed by atoms with Crippen molar-refractivity contribution in [1.82, 2.24) is 0 Å². The van der Waals surface area contributed by atoms with Gasteiger partial charge in [-0.3, -0.25) is 9.79 Å². The molecule has 2 aromatic carbocycles. The Balaban J connectivity index is 2.01. The highest BCUT2D eigenvalue weighted by Crippen LogP contribution is 2.34. The summed E-state index contributed by atoms with van der Waals surface area (Å²) < 4.78 is 6.56. The van der Waals surface area contributed by atoms with E-state index in [4.69, 9.17) is 4.74 Å². The minimum Gasteiger partial charge on any atom is -0.424 e. The van der Waals surface area contributed by atoms with Crippen LogP contribution in [0.3, 0.4) is 0 Å². The molecule has 0 aliphatic heterocycles. The summed E-state index contributed by atoms with van der Waals surface area (Å²) in [5.41, 5.74) is 2.20. The lowest BCUT2D eigenvalue weighted by molar-refractivity contribution is -0.131. The highest BCUT2D eigenvalue weighted by molar-refractivity contribution is 9.11. The summed E-state index contributed by atoms with van der Waals surface area (Å²) in [7, 11) is 0. The lowest BCUT2D eigenvalue weighted by atomic mass is 10.1. The van der Waals surface area contributed by atoms with Gasteiger partial charge in [0.25, 0.3) is 0 Å². The standard InChI is InChI=1S/C17H15Br2NO2/c1-12(21)22-17-15(18)9-14(10-16(17)19)11-20-8-7-13-5-3-2-4-6-13/h2-6,9-11H,7-8H2,1H3. The molecule has 0 aliphatic carbocycles. The number of rotatable bonds is 5. The maximum absolute atomic E-state index is 11.1. The largest absolute Gasteiger partial charge is 0.424 e. The first kappa shape index (κ1) is 16.9. The summed E-state index contributed by atoms with van der Waals surface area (Å²) in [4.78, 5) is 15.5. The average Bonchev–Trinajstić information content (AvgIpc) is 2.48. The van der Waals surface area contributed by atoms with Crippen molar-refractivity contribution in [1.29, 1.82) is 0 Å². The van der Waals surface area contributed by atoms with Gasteiger partial charge in [0, 0.05) is 19.7 Å². The molecule has 114 valence electrons. The van der Waals surface area contributed by atoms with Crippen LogP contribution in [-0.4, -0.2) is 18.7 Å². The van der Waals surface area contributed by atoms with E-state index in [2.05, 4.69) is 49.0 Å². The molecule has 0 atom stereocenters. The maximum Gasteiger partial charge on any atom is 0.308 e. The van der Waals surface area contributed by atoms with Gasteiger partial charge in [-0.05, 0) is 61.5 Å². The van der Waals surface area contributed by atoms with E-state index >= 15 is 0 Å². The van der Waals surface area contributed by atoms with E-state index in [-0.39, 0.29) is 5.97 Å². The van der Waals surface area contributed by atoms with Crippen LogP contribution >= 0.6 is 31.9 Å². The van der Waals surface area contributed by atoms with Crippen molar-refractivity contribution in [2.75, 3.05) is 6.54 Å². The van der Waals surface area contributed by atoms with Crippen LogP contribution in [0.25, 0.3) is 0 Å². The molecule has 0 amide bonds. The third-order valence-corrected chi connectivity index (χ3v) is 4.06. The van der Waals surface area contributed by atoms with E-state index in [9.17, 15) is 4.79 Å². The van der Waals surface area contributed by atoms with Gasteiger partial charge in [-0.1, -0.05) is 30.3 Å². The lowest BCUT2D eigenvalue weighted by Gasteiger charge is -2.07. The predicted molar refractivity (Wildman–Crippen MR) is 95.8 cm³/mol. The van der Waals surface area contributed by atoms with Crippen LogP contribution in [0.15, 0.2) is 56.4 Å². The zero-order valence-corrected chi connectivity index (χ0v) is 15.2. The van der Waals surface area contributed by atoms with Crippen LogP contribution in [0.1, 0.15) is 18.1 Å². The number of hydrogen-bond donors (Lipinski definition) is 0. The maximum atomic E-state index is 11.1. The average molecular weight is 425 g/mol. The normalized spacial score (nSPS) is 10.9. The monoisotopic (exact) mass is 423 g/mol. The number of hydrogen-bond acceptors (Lipinski definition) is 3. The second kappa shape index (κ2) is 8.25. The zero-order chi connectivity index (χ0) is 15.9. The molecular formula is C17H15Br2NO2. The molecule has 0 spiro atoms. The van der Waals surface area contributed by atoms with E-state index in [0.29, 0.717) is 14.7 Å². The van der Waals surface area contributed by atoms with E-state index in [0.717, 1.165) is 18.5 Å². The first-order valence-corrected chi connectivity index (χ1v) is 8.36. The van der Waals surface area contributed by atoms with Gasteiger partial charge in [0.2, 0.25) is 0 Å². The molecule has 2 rings (SSSR count). The molecule has 0 radical (unpaired) electrons. The first-order chi connectivity index (χ1) is 10.6. The number of nitrogens with zero attached hydrogens (tertiary/aromatic N) is 1. The topological polar surface area (TPSA) is 38.7 Å². The Morgan fingerprint density at radius 1 is 1.18 bits per heavy atom. The summed E-state index contributed by atoms with van der Waals surface area (Å²) >= 11 is 6.81. The molecule has 3 nitrogen and oxygen atoms in total. The predicted octanol–water partition coefficient (Wildman–Crippen LogP) is 4.80. The third-order valence-electron chi connectivity index (χ3n) is 2.88. The molecule has 2 aromatic rings. The number of carbonyl (C=O) groups is 1. The SMILES string of the molecule is CC(=O)Oc1c(Br)cc(C=NCCc2ccccc2)cc1Br. The number of benzene rings is 2. The van der Waals surface area contributed by atoms with E-state index < -0.39 is 0 Å². The highest BCUT2D eigenvalue weighted by Gasteiger charge is 2.10. The van der Waals surface area contributed by atoms with Gasteiger partial charge in [0.05, 0.1) is 8.95 Å². The van der Waals surface area contributed by atoms with Crippen molar-refractivity contribution in [2.24, 2.45) is 4.99 Å². The lowest BCUT2D eigenvalue weighted by Crippen LogP contribution is -2.03. The van der Waals surface area contributed by atoms with Crippen LogP contribution in [0.5, 0.6) is 5.75 Å². The van der Waals surface area contributed by atoms with E-state index in [1.54, 1.807) is 0 Å². The highest BCUT2D eigenvalue weighted by atomic mass is 79.9. The first-order valence-electron chi connectivity index (χ1n) is 6.77. The molecule has 0 aromatic heterocycles. The van der Waals surface area contributed by atoms with Crippen molar-refractivity contribution >= 4 is 44.0 Å². The van der Waals surface area contributed by atoms with Crippen LogP contribution in [0.4, 0.5) is 0 Å². The molecule has 22 heavy (non-hydrogen) atoms. The Hall–Kier alpha value is -1.46. The Morgan fingerprint density at radius 2 is 1.82 bits per heavy atom. The second-order valence-corrected chi connectivity index (χ2v) is 6.39. The number of esters is 1. The fourth-order valence-corrected chi connectivity index (χ4v) is 3.29. The Morgan fingerprint density at radius 3 is 2.41 bits per heavy atom. The molecule has 0 heterocycles. The third kappa shape index (κ3) is 5.07. The van der Waals surface area contributed by atoms with Crippen molar-refractivity contribution in [2.45, 2.75) is 13.3 Å². The summed E-state index contributed by atoms with van der Waals surface area (Å²) in [6.45, 7) is 2.10. The molecular weight excluding hydrogens is 410 g/mol.